The average molecular weight is 588 g/mol. The second-order valence-corrected chi connectivity index (χ2v) is 10.4. The molecular formula is C25H30F5N7O4. The fraction of sp³-hybridized carbons (Fsp3) is 0.560. The maximum atomic E-state index is 13.9. The van der Waals surface area contributed by atoms with Gasteiger partial charge in [0.05, 0.1) is 30.6 Å². The number of nitrogens with one attached hydrogen (secondary N) is 2. The molecule has 11 nitrogen and oxygen atoms in total. The summed E-state index contributed by atoms with van der Waals surface area (Å²) in [5.74, 6) is -4.89. The first-order valence-corrected chi connectivity index (χ1v) is 12.9. The third kappa shape index (κ3) is 7.16. The summed E-state index contributed by atoms with van der Waals surface area (Å²) in [5.41, 5.74) is 0.752. The highest BCUT2D eigenvalue weighted by atomic mass is 19.4. The maximum absolute atomic E-state index is 13.9. The summed E-state index contributed by atoms with van der Waals surface area (Å²) in [5, 5.41) is 32.5. The first-order chi connectivity index (χ1) is 19.1. The quantitative estimate of drug-likeness (QED) is 0.222. The SMILES string of the molecule is CC(C)n1nccc1C(=O)N[C@H](c1cn2ncc([C@@H](O)NC(=O)C[C@H](O)C(F)(F)F)cc2n1)C1CCC(F)(F)CC1. The highest BCUT2D eigenvalue weighted by Gasteiger charge is 2.40. The molecule has 16 heteroatoms. The van der Waals surface area contributed by atoms with Crippen molar-refractivity contribution in [3.63, 3.8) is 0 Å². The highest BCUT2D eigenvalue weighted by molar-refractivity contribution is 5.92. The number of aliphatic hydroxyl groups excluding tert-OH is 2. The van der Waals surface area contributed by atoms with E-state index in [4.69, 9.17) is 5.11 Å². The van der Waals surface area contributed by atoms with Gasteiger partial charge in [0.15, 0.2) is 18.0 Å². The van der Waals surface area contributed by atoms with Crippen molar-refractivity contribution in [3.05, 3.63) is 47.7 Å². The molecule has 0 unspecified atom stereocenters. The van der Waals surface area contributed by atoms with Gasteiger partial charge in [-0.05, 0) is 44.7 Å². The summed E-state index contributed by atoms with van der Waals surface area (Å²) in [7, 11) is 0. The molecule has 1 aliphatic rings. The Morgan fingerprint density at radius 2 is 1.83 bits per heavy atom. The molecule has 41 heavy (non-hydrogen) atoms. The van der Waals surface area contributed by atoms with Crippen molar-refractivity contribution < 1.29 is 41.8 Å². The van der Waals surface area contributed by atoms with E-state index in [1.165, 1.54) is 27.7 Å². The van der Waals surface area contributed by atoms with Crippen molar-refractivity contribution >= 4 is 17.5 Å². The molecule has 0 bridgehead atoms. The van der Waals surface area contributed by atoms with E-state index in [2.05, 4.69) is 20.5 Å². The predicted molar refractivity (Wildman–Crippen MR) is 132 cm³/mol. The van der Waals surface area contributed by atoms with Crippen LogP contribution in [0, 0.1) is 5.92 Å². The van der Waals surface area contributed by atoms with Gasteiger partial charge in [0.1, 0.15) is 5.69 Å². The molecule has 0 radical (unpaired) electrons. The van der Waals surface area contributed by atoms with Crippen molar-refractivity contribution in [1.29, 1.82) is 0 Å². The number of aromatic nitrogens is 5. The number of hydrogen-bond donors (Lipinski definition) is 4. The maximum Gasteiger partial charge on any atom is 0.414 e. The zero-order chi connectivity index (χ0) is 30.1. The van der Waals surface area contributed by atoms with Gasteiger partial charge in [0, 0.05) is 30.6 Å². The summed E-state index contributed by atoms with van der Waals surface area (Å²) in [6.07, 6.45) is -7.26. The van der Waals surface area contributed by atoms with E-state index < -0.39 is 48.7 Å². The van der Waals surface area contributed by atoms with Gasteiger partial charge in [-0.3, -0.25) is 14.3 Å². The van der Waals surface area contributed by atoms with Gasteiger partial charge < -0.3 is 20.8 Å². The molecule has 1 aliphatic carbocycles. The number of nitrogens with zero attached hydrogens (tertiary/aromatic N) is 5. The summed E-state index contributed by atoms with van der Waals surface area (Å²) in [6.45, 7) is 3.70. The molecule has 0 spiro atoms. The van der Waals surface area contributed by atoms with Crippen LogP contribution in [-0.4, -0.2) is 64.6 Å². The Morgan fingerprint density at radius 3 is 2.46 bits per heavy atom. The molecule has 0 aromatic carbocycles. The molecule has 4 rings (SSSR count). The molecule has 0 aliphatic heterocycles. The molecule has 3 atom stereocenters. The molecule has 2 amide bonds. The van der Waals surface area contributed by atoms with E-state index in [-0.39, 0.29) is 54.5 Å². The molecule has 224 valence electrons. The number of aliphatic hydroxyl groups is 2. The lowest BCUT2D eigenvalue weighted by molar-refractivity contribution is -0.206. The standard InChI is InChI=1S/C25H30F5N7O4/c1-13(2)37-17(5-8-31-37)23(41)35-21(14-3-6-24(26,27)7-4-14)16-12-36-19(33-16)9-15(11-32-36)22(40)34-20(39)10-18(38)25(28,29)30/h5,8-9,11-14,18,21-22,38,40H,3-4,6-7,10H2,1-2H3,(H,34,39)(H,35,41)/t18-,21-,22+/m0/s1. The summed E-state index contributed by atoms with van der Waals surface area (Å²) < 4.78 is 68.2. The van der Waals surface area contributed by atoms with Crippen molar-refractivity contribution in [2.45, 2.75) is 82.5 Å². The molecule has 3 aromatic heterocycles. The van der Waals surface area contributed by atoms with Crippen molar-refractivity contribution in [3.8, 4) is 0 Å². The van der Waals surface area contributed by atoms with Crippen LogP contribution in [0.25, 0.3) is 5.65 Å². The topological polar surface area (TPSA) is 147 Å². The zero-order valence-corrected chi connectivity index (χ0v) is 22.1. The Balaban J connectivity index is 1.57. The van der Waals surface area contributed by atoms with Gasteiger partial charge in [-0.25, -0.2) is 18.3 Å². The van der Waals surface area contributed by atoms with Gasteiger partial charge in [-0.1, -0.05) is 0 Å². The van der Waals surface area contributed by atoms with Crippen LogP contribution in [0.15, 0.2) is 30.7 Å². The van der Waals surface area contributed by atoms with Gasteiger partial charge in [0.25, 0.3) is 5.91 Å². The number of halogens is 5. The Kier molecular flexibility index (Phi) is 8.63. The first kappa shape index (κ1) is 30.3. The fourth-order valence-corrected chi connectivity index (χ4v) is 4.75. The van der Waals surface area contributed by atoms with Crippen molar-refractivity contribution in [2.75, 3.05) is 0 Å². The van der Waals surface area contributed by atoms with E-state index in [0.717, 1.165) is 6.20 Å². The number of hydrogen-bond acceptors (Lipinski definition) is 7. The fourth-order valence-electron chi connectivity index (χ4n) is 4.75. The Morgan fingerprint density at radius 1 is 1.15 bits per heavy atom. The number of carbonyl (C=O) groups excluding carboxylic acids is 2. The summed E-state index contributed by atoms with van der Waals surface area (Å²) in [6, 6.07) is 1.98. The smallest absolute Gasteiger partial charge is 0.383 e. The molecule has 3 aromatic rings. The Bertz CT molecular complexity index is 1380. The van der Waals surface area contributed by atoms with Crippen LogP contribution in [0.1, 0.15) is 86.0 Å². The van der Waals surface area contributed by atoms with Crippen LogP contribution < -0.4 is 10.6 Å². The predicted octanol–water partition coefficient (Wildman–Crippen LogP) is 3.22. The van der Waals surface area contributed by atoms with Crippen LogP contribution in [-0.2, 0) is 4.79 Å². The summed E-state index contributed by atoms with van der Waals surface area (Å²) in [4.78, 5) is 29.6. The summed E-state index contributed by atoms with van der Waals surface area (Å²) >= 11 is 0. The largest absolute Gasteiger partial charge is 0.414 e. The number of imidazole rings is 1. The zero-order valence-electron chi connectivity index (χ0n) is 22.1. The van der Waals surface area contributed by atoms with E-state index in [9.17, 15) is 36.6 Å². The lowest BCUT2D eigenvalue weighted by atomic mass is 9.81. The molecule has 0 saturated heterocycles. The lowest BCUT2D eigenvalue weighted by Crippen LogP contribution is -2.38. The number of amides is 2. The molecule has 3 heterocycles. The molecule has 1 fully saturated rings. The van der Waals surface area contributed by atoms with E-state index in [1.807, 2.05) is 19.2 Å². The molecule has 1 saturated carbocycles. The van der Waals surface area contributed by atoms with Crippen molar-refractivity contribution in [1.82, 2.24) is 35.0 Å². The second kappa shape index (κ2) is 11.7. The van der Waals surface area contributed by atoms with Gasteiger partial charge in [0.2, 0.25) is 11.8 Å². The number of fused-ring (bicyclic) bond motifs is 1. The van der Waals surface area contributed by atoms with Gasteiger partial charge >= 0.3 is 6.18 Å². The third-order valence-corrected chi connectivity index (χ3v) is 6.96. The van der Waals surface area contributed by atoms with Crippen LogP contribution in [0.4, 0.5) is 22.0 Å². The van der Waals surface area contributed by atoms with Gasteiger partial charge in [-0.15, -0.1) is 0 Å². The van der Waals surface area contributed by atoms with E-state index in [0.29, 0.717) is 5.69 Å². The second-order valence-electron chi connectivity index (χ2n) is 10.4. The number of rotatable bonds is 9. The minimum Gasteiger partial charge on any atom is -0.383 e. The number of alkyl halides is 5. The lowest BCUT2D eigenvalue weighted by Gasteiger charge is -2.33. The van der Waals surface area contributed by atoms with Crippen LogP contribution in [0.2, 0.25) is 0 Å². The van der Waals surface area contributed by atoms with E-state index in [1.54, 1.807) is 6.07 Å². The van der Waals surface area contributed by atoms with Gasteiger partial charge in [-0.2, -0.15) is 23.4 Å². The van der Waals surface area contributed by atoms with Crippen molar-refractivity contribution in [2.24, 2.45) is 5.92 Å². The minimum atomic E-state index is -5.00. The molecular weight excluding hydrogens is 557 g/mol. The Labute approximate surface area is 230 Å². The van der Waals surface area contributed by atoms with Crippen LogP contribution in [0.5, 0.6) is 0 Å². The van der Waals surface area contributed by atoms with Crippen LogP contribution >= 0.6 is 0 Å². The first-order valence-electron chi connectivity index (χ1n) is 12.9. The minimum absolute atomic E-state index is 0.0109. The average Bonchev–Trinajstić information content (AvgIpc) is 3.54. The van der Waals surface area contributed by atoms with Crippen LogP contribution in [0.3, 0.4) is 0 Å². The highest BCUT2D eigenvalue weighted by Crippen LogP contribution is 2.41. The monoisotopic (exact) mass is 587 g/mol. The van der Waals surface area contributed by atoms with E-state index >= 15 is 0 Å². The number of carbonyl (C=O) groups is 2. The normalized spacial score (nSPS) is 18.3. The third-order valence-electron chi connectivity index (χ3n) is 6.96. The molecule has 4 N–H and O–H groups in total. The Hall–Kier alpha value is -3.66.